The van der Waals surface area contributed by atoms with Crippen molar-refractivity contribution in [2.45, 2.75) is 277 Å². The molecule has 0 aromatic carbocycles. The van der Waals surface area contributed by atoms with Crippen molar-refractivity contribution in [3.63, 3.8) is 0 Å². The highest BCUT2D eigenvalue weighted by molar-refractivity contribution is 5.71. The summed E-state index contributed by atoms with van der Waals surface area (Å²) in [6.45, 7) is 6.46. The maximum Gasteiger partial charge on any atom is 0.306 e. The van der Waals surface area contributed by atoms with Crippen molar-refractivity contribution in [2.24, 2.45) is 0 Å². The van der Waals surface area contributed by atoms with Gasteiger partial charge in [-0.25, -0.2) is 0 Å². The molecule has 0 fully saturated rings. The predicted octanol–water partition coefficient (Wildman–Crippen LogP) is 19.7. The van der Waals surface area contributed by atoms with Gasteiger partial charge in [-0.1, -0.05) is 227 Å². The second-order valence-electron chi connectivity index (χ2n) is 19.2. The summed E-state index contributed by atoms with van der Waals surface area (Å²) in [5, 5.41) is 0. The first kappa shape index (κ1) is 66.3. The summed E-state index contributed by atoms with van der Waals surface area (Å²) < 4.78 is 16.9. The van der Waals surface area contributed by atoms with E-state index in [-0.39, 0.29) is 31.1 Å². The number of carbonyl (C=O) groups is 3. The first-order chi connectivity index (χ1) is 34.5. The van der Waals surface area contributed by atoms with Crippen molar-refractivity contribution in [1.29, 1.82) is 0 Å². The Balaban J connectivity index is 4.45. The van der Waals surface area contributed by atoms with Crippen molar-refractivity contribution >= 4 is 17.9 Å². The molecule has 400 valence electrons. The van der Waals surface area contributed by atoms with E-state index >= 15 is 0 Å². The highest BCUT2D eigenvalue weighted by Crippen LogP contribution is 2.14. The molecule has 6 nitrogen and oxygen atoms in total. The van der Waals surface area contributed by atoms with Crippen LogP contribution in [0.5, 0.6) is 0 Å². The van der Waals surface area contributed by atoms with Crippen LogP contribution in [-0.2, 0) is 28.6 Å². The van der Waals surface area contributed by atoms with Crippen molar-refractivity contribution in [3.05, 3.63) is 97.2 Å². The second kappa shape index (κ2) is 57.9. The van der Waals surface area contributed by atoms with Gasteiger partial charge in [0.25, 0.3) is 0 Å². The smallest absolute Gasteiger partial charge is 0.306 e. The van der Waals surface area contributed by atoms with Gasteiger partial charge in [0.2, 0.25) is 0 Å². The van der Waals surface area contributed by atoms with E-state index in [4.69, 9.17) is 14.2 Å². The molecule has 0 radical (unpaired) electrons. The third kappa shape index (κ3) is 55.3. The molecule has 0 aromatic rings. The van der Waals surface area contributed by atoms with E-state index in [1.165, 1.54) is 103 Å². The van der Waals surface area contributed by atoms with Gasteiger partial charge in [0, 0.05) is 19.3 Å². The zero-order valence-corrected chi connectivity index (χ0v) is 45.8. The number of allylic oxidation sites excluding steroid dienone is 16. The molecule has 0 spiro atoms. The first-order valence-electron chi connectivity index (χ1n) is 29.2. The molecule has 0 N–H and O–H groups in total. The first-order valence-corrected chi connectivity index (χ1v) is 29.2. The van der Waals surface area contributed by atoms with Crippen LogP contribution in [0.2, 0.25) is 0 Å². The normalized spacial score (nSPS) is 12.8. The standard InChI is InChI=1S/C64H108O6/c1-4-7-10-13-16-19-22-25-28-31-32-34-36-39-42-45-48-51-54-57-63(66)69-60-61(59-68-62(65)56-53-50-47-44-41-38-35-30-27-24-21-18-15-12-9-6-3)70-64(67)58-55-52-49-46-43-40-37-33-29-26-23-20-17-14-11-8-5-2/h8,11,16-17,19-21,24-26,28-30,32,34-35,61H,4-7,9-10,12-15,18,22-23,27,31,33,36-60H2,1-3H3/b11-8-,19-16-,20-17-,24-21-,28-25-,29-26-,34-32-,35-30-. The molecular weight excluding hydrogens is 865 g/mol. The van der Waals surface area contributed by atoms with Crippen LogP contribution in [-0.4, -0.2) is 37.2 Å². The molecule has 0 aliphatic carbocycles. The Kier molecular flexibility index (Phi) is 54.9. The Labute approximate surface area is 432 Å². The van der Waals surface area contributed by atoms with E-state index in [1.54, 1.807) is 0 Å². The van der Waals surface area contributed by atoms with Crippen LogP contribution < -0.4 is 0 Å². The molecule has 0 aliphatic heterocycles. The molecule has 70 heavy (non-hydrogen) atoms. The average molecular weight is 974 g/mol. The fraction of sp³-hybridized carbons (Fsp3) is 0.703. The van der Waals surface area contributed by atoms with E-state index in [1.807, 2.05) is 0 Å². The summed E-state index contributed by atoms with van der Waals surface area (Å²) in [4.78, 5) is 38.2. The molecule has 1 unspecified atom stereocenters. The van der Waals surface area contributed by atoms with E-state index in [2.05, 4.69) is 118 Å². The lowest BCUT2D eigenvalue weighted by atomic mass is 10.1. The second-order valence-corrected chi connectivity index (χ2v) is 19.2. The Morgan fingerprint density at radius 2 is 0.557 bits per heavy atom. The number of ether oxygens (including phenoxy) is 3. The molecule has 1 atom stereocenters. The fourth-order valence-corrected chi connectivity index (χ4v) is 7.91. The highest BCUT2D eigenvalue weighted by atomic mass is 16.6. The number of carbonyl (C=O) groups excluding carboxylic acids is 3. The van der Waals surface area contributed by atoms with Gasteiger partial charge in [-0.15, -0.1) is 0 Å². The summed E-state index contributed by atoms with van der Waals surface area (Å²) in [5.41, 5.74) is 0. The van der Waals surface area contributed by atoms with Crippen molar-refractivity contribution in [2.75, 3.05) is 13.2 Å². The van der Waals surface area contributed by atoms with Crippen LogP contribution in [0.1, 0.15) is 271 Å². The van der Waals surface area contributed by atoms with Gasteiger partial charge in [0.15, 0.2) is 6.10 Å². The number of hydrogen-bond donors (Lipinski definition) is 0. The van der Waals surface area contributed by atoms with E-state index in [9.17, 15) is 14.4 Å². The lowest BCUT2D eigenvalue weighted by Gasteiger charge is -2.18. The van der Waals surface area contributed by atoms with Crippen molar-refractivity contribution in [1.82, 2.24) is 0 Å². The Hall–Kier alpha value is -3.67. The zero-order chi connectivity index (χ0) is 50.7. The zero-order valence-electron chi connectivity index (χ0n) is 45.8. The third-order valence-corrected chi connectivity index (χ3v) is 12.3. The SMILES string of the molecule is CC/C=C\C/C=C\C/C=C\CCCCCCCCCC(=O)OC(COC(=O)CCCCCCC/C=C\C/C=C\CCCCCC)COC(=O)CCCCCCCC/C=C\C/C=C\C/C=C\CCCCC. The van der Waals surface area contributed by atoms with Crippen LogP contribution in [0.15, 0.2) is 97.2 Å². The molecular formula is C64H108O6. The molecule has 0 saturated carbocycles. The molecule has 0 bridgehead atoms. The molecule has 6 heteroatoms. The van der Waals surface area contributed by atoms with Crippen LogP contribution in [0.3, 0.4) is 0 Å². The van der Waals surface area contributed by atoms with Crippen LogP contribution >= 0.6 is 0 Å². The number of rotatable bonds is 52. The van der Waals surface area contributed by atoms with Gasteiger partial charge >= 0.3 is 17.9 Å². The minimum absolute atomic E-state index is 0.0936. The van der Waals surface area contributed by atoms with Gasteiger partial charge in [-0.2, -0.15) is 0 Å². The molecule has 0 saturated heterocycles. The number of hydrogen-bond acceptors (Lipinski definition) is 6. The van der Waals surface area contributed by atoms with Gasteiger partial charge in [0.1, 0.15) is 13.2 Å². The summed E-state index contributed by atoms with van der Waals surface area (Å²) in [5.74, 6) is -0.925. The summed E-state index contributed by atoms with van der Waals surface area (Å²) >= 11 is 0. The van der Waals surface area contributed by atoms with Gasteiger partial charge < -0.3 is 14.2 Å². The van der Waals surface area contributed by atoms with Crippen molar-refractivity contribution in [3.8, 4) is 0 Å². The molecule has 0 aromatic heterocycles. The van der Waals surface area contributed by atoms with Crippen molar-refractivity contribution < 1.29 is 28.6 Å². The lowest BCUT2D eigenvalue weighted by molar-refractivity contribution is -0.167. The number of esters is 3. The van der Waals surface area contributed by atoms with E-state index < -0.39 is 6.10 Å². The van der Waals surface area contributed by atoms with Crippen LogP contribution in [0, 0.1) is 0 Å². The monoisotopic (exact) mass is 973 g/mol. The fourth-order valence-electron chi connectivity index (χ4n) is 7.91. The third-order valence-electron chi connectivity index (χ3n) is 12.3. The highest BCUT2D eigenvalue weighted by Gasteiger charge is 2.19. The van der Waals surface area contributed by atoms with E-state index in [0.29, 0.717) is 19.3 Å². The molecule has 0 aliphatic rings. The largest absolute Gasteiger partial charge is 0.462 e. The minimum Gasteiger partial charge on any atom is -0.462 e. The quantitative estimate of drug-likeness (QED) is 0.0262. The summed E-state index contributed by atoms with van der Waals surface area (Å²) in [6, 6.07) is 0. The van der Waals surface area contributed by atoms with Gasteiger partial charge in [0.05, 0.1) is 0 Å². The van der Waals surface area contributed by atoms with Gasteiger partial charge in [-0.05, 0) is 122 Å². The Morgan fingerprint density at radius 3 is 0.900 bits per heavy atom. The minimum atomic E-state index is -0.796. The molecule has 0 heterocycles. The molecule has 0 amide bonds. The van der Waals surface area contributed by atoms with Crippen LogP contribution in [0.4, 0.5) is 0 Å². The van der Waals surface area contributed by atoms with Crippen LogP contribution in [0.25, 0.3) is 0 Å². The average Bonchev–Trinajstić information content (AvgIpc) is 3.36. The maximum atomic E-state index is 12.9. The summed E-state index contributed by atoms with van der Waals surface area (Å²) in [7, 11) is 0. The lowest BCUT2D eigenvalue weighted by Crippen LogP contribution is -2.30. The topological polar surface area (TPSA) is 78.9 Å². The Morgan fingerprint density at radius 1 is 0.300 bits per heavy atom. The summed E-state index contributed by atoms with van der Waals surface area (Å²) in [6.07, 6.45) is 76.7. The maximum absolute atomic E-state index is 12.9. The predicted molar refractivity (Wildman–Crippen MR) is 302 cm³/mol. The van der Waals surface area contributed by atoms with Gasteiger partial charge in [-0.3, -0.25) is 14.4 Å². The van der Waals surface area contributed by atoms with E-state index in [0.717, 1.165) is 128 Å². The Bertz CT molecular complexity index is 1400. The number of unbranched alkanes of at least 4 members (excludes halogenated alkanes) is 25. The molecule has 0 rings (SSSR count).